The van der Waals surface area contributed by atoms with Crippen molar-refractivity contribution in [3.63, 3.8) is 0 Å². The number of hydrogen-bond donors (Lipinski definition) is 1. The minimum Gasteiger partial charge on any atom is -0.507 e. The van der Waals surface area contributed by atoms with E-state index in [1.54, 1.807) is 31.3 Å². The van der Waals surface area contributed by atoms with Gasteiger partial charge in [-0.3, -0.25) is 4.79 Å². The van der Waals surface area contributed by atoms with Gasteiger partial charge >= 0.3 is 0 Å². The lowest BCUT2D eigenvalue weighted by molar-refractivity contribution is 0.0777. The van der Waals surface area contributed by atoms with E-state index in [1.165, 1.54) is 17.0 Å². The van der Waals surface area contributed by atoms with Gasteiger partial charge in [-0.1, -0.05) is 29.8 Å². The Bertz CT molecular complexity index is 608. The molecule has 0 fully saturated rings. The van der Waals surface area contributed by atoms with Crippen molar-refractivity contribution in [2.45, 2.75) is 6.54 Å². The Balaban J connectivity index is 2.18. The zero-order valence-corrected chi connectivity index (χ0v) is 11.6. The summed E-state index contributed by atoms with van der Waals surface area (Å²) in [5.41, 5.74) is 0.546. The quantitative estimate of drug-likeness (QED) is 0.941. The first kappa shape index (κ1) is 14.3. The molecule has 0 atom stereocenters. The van der Waals surface area contributed by atoms with E-state index < -0.39 is 11.7 Å². The fourth-order valence-corrected chi connectivity index (χ4v) is 1.98. The van der Waals surface area contributed by atoms with Crippen LogP contribution in [0.5, 0.6) is 5.75 Å². The molecule has 0 aliphatic heterocycles. The standard InChI is InChI=1S/C15H13ClFNO2/c1-18(9-10-5-7-11(16)8-6-10)15(20)14-12(17)3-2-4-13(14)19/h2-8,19H,9H2,1H3. The molecule has 0 saturated carbocycles. The summed E-state index contributed by atoms with van der Waals surface area (Å²) in [5.74, 6) is -1.67. The number of benzene rings is 2. The number of nitrogens with zero attached hydrogens (tertiary/aromatic N) is 1. The molecular formula is C15H13ClFNO2. The first-order chi connectivity index (χ1) is 9.49. The highest BCUT2D eigenvalue weighted by atomic mass is 35.5. The third kappa shape index (κ3) is 3.08. The number of phenols is 1. The molecule has 0 aliphatic rings. The van der Waals surface area contributed by atoms with E-state index in [0.717, 1.165) is 11.6 Å². The van der Waals surface area contributed by atoms with Crippen LogP contribution in [0.3, 0.4) is 0 Å². The summed E-state index contributed by atoms with van der Waals surface area (Å²) < 4.78 is 13.6. The second-order valence-electron chi connectivity index (χ2n) is 4.42. The SMILES string of the molecule is CN(Cc1ccc(Cl)cc1)C(=O)c1c(O)cccc1F. The average molecular weight is 294 g/mol. The molecule has 0 aliphatic carbocycles. The lowest BCUT2D eigenvalue weighted by atomic mass is 10.1. The van der Waals surface area contributed by atoms with Crippen molar-refractivity contribution in [3.8, 4) is 5.75 Å². The molecule has 2 aromatic rings. The Hall–Kier alpha value is -2.07. The van der Waals surface area contributed by atoms with Gasteiger partial charge in [0.2, 0.25) is 0 Å². The maximum Gasteiger partial charge on any atom is 0.260 e. The maximum atomic E-state index is 13.6. The van der Waals surface area contributed by atoms with Crippen LogP contribution in [-0.2, 0) is 6.54 Å². The zero-order valence-electron chi connectivity index (χ0n) is 10.8. The number of phenolic OH excluding ortho intramolecular Hbond substituents is 1. The van der Waals surface area contributed by atoms with Gasteiger partial charge < -0.3 is 10.0 Å². The van der Waals surface area contributed by atoms with E-state index in [0.29, 0.717) is 11.6 Å². The molecule has 0 saturated heterocycles. The minimum absolute atomic E-state index is 0.295. The van der Waals surface area contributed by atoms with Gasteiger partial charge in [0.25, 0.3) is 5.91 Å². The van der Waals surface area contributed by atoms with Gasteiger partial charge in [0, 0.05) is 18.6 Å². The molecule has 104 valence electrons. The summed E-state index contributed by atoms with van der Waals surface area (Å²) in [4.78, 5) is 13.5. The topological polar surface area (TPSA) is 40.5 Å². The predicted octanol–water partition coefficient (Wildman–Crippen LogP) is 3.46. The molecule has 1 amide bonds. The molecule has 0 unspecified atom stereocenters. The van der Waals surface area contributed by atoms with Gasteiger partial charge in [0.05, 0.1) is 0 Å². The Kier molecular flexibility index (Phi) is 4.25. The number of rotatable bonds is 3. The Morgan fingerprint density at radius 2 is 1.90 bits per heavy atom. The van der Waals surface area contributed by atoms with Crippen molar-refractivity contribution in [1.82, 2.24) is 4.90 Å². The van der Waals surface area contributed by atoms with Crippen molar-refractivity contribution in [1.29, 1.82) is 0 Å². The van der Waals surface area contributed by atoms with E-state index in [4.69, 9.17) is 11.6 Å². The van der Waals surface area contributed by atoms with E-state index in [2.05, 4.69) is 0 Å². The smallest absolute Gasteiger partial charge is 0.260 e. The normalized spacial score (nSPS) is 10.3. The van der Waals surface area contributed by atoms with Crippen molar-refractivity contribution < 1.29 is 14.3 Å². The van der Waals surface area contributed by atoms with Crippen LogP contribution in [0.1, 0.15) is 15.9 Å². The van der Waals surface area contributed by atoms with Crippen LogP contribution in [0.2, 0.25) is 5.02 Å². The summed E-state index contributed by atoms with van der Waals surface area (Å²) in [6.07, 6.45) is 0. The second kappa shape index (κ2) is 5.92. The number of aromatic hydroxyl groups is 1. The van der Waals surface area contributed by atoms with Crippen LogP contribution in [0.25, 0.3) is 0 Å². The highest BCUT2D eigenvalue weighted by Crippen LogP contribution is 2.22. The van der Waals surface area contributed by atoms with Crippen LogP contribution in [-0.4, -0.2) is 23.0 Å². The average Bonchev–Trinajstić information content (AvgIpc) is 2.41. The summed E-state index contributed by atoms with van der Waals surface area (Å²) in [6, 6.07) is 10.8. The first-order valence-electron chi connectivity index (χ1n) is 5.96. The lowest BCUT2D eigenvalue weighted by Gasteiger charge is -2.18. The highest BCUT2D eigenvalue weighted by Gasteiger charge is 2.20. The third-order valence-corrected chi connectivity index (χ3v) is 3.14. The summed E-state index contributed by atoms with van der Waals surface area (Å²) in [5, 5.41) is 10.2. The van der Waals surface area contributed by atoms with Gasteiger partial charge in [-0.15, -0.1) is 0 Å². The van der Waals surface area contributed by atoms with E-state index >= 15 is 0 Å². The van der Waals surface area contributed by atoms with Crippen LogP contribution in [0.4, 0.5) is 4.39 Å². The predicted molar refractivity (Wildman–Crippen MR) is 75.3 cm³/mol. The van der Waals surface area contributed by atoms with Crippen molar-refractivity contribution >= 4 is 17.5 Å². The van der Waals surface area contributed by atoms with Crippen molar-refractivity contribution in [2.75, 3.05) is 7.05 Å². The fraction of sp³-hybridized carbons (Fsp3) is 0.133. The lowest BCUT2D eigenvalue weighted by Crippen LogP contribution is -2.27. The van der Waals surface area contributed by atoms with E-state index in [9.17, 15) is 14.3 Å². The minimum atomic E-state index is -0.738. The number of carbonyl (C=O) groups excluding carboxylic acids is 1. The van der Waals surface area contributed by atoms with Gasteiger partial charge in [0.1, 0.15) is 17.1 Å². The molecule has 5 heteroatoms. The molecule has 0 aromatic heterocycles. The van der Waals surface area contributed by atoms with Gasteiger partial charge in [-0.05, 0) is 29.8 Å². The van der Waals surface area contributed by atoms with Gasteiger partial charge in [0.15, 0.2) is 0 Å². The summed E-state index contributed by atoms with van der Waals surface area (Å²) >= 11 is 5.79. The molecule has 2 aromatic carbocycles. The summed E-state index contributed by atoms with van der Waals surface area (Å²) in [7, 11) is 1.54. The number of hydrogen-bond acceptors (Lipinski definition) is 2. The van der Waals surface area contributed by atoms with Crippen LogP contribution >= 0.6 is 11.6 Å². The largest absolute Gasteiger partial charge is 0.507 e. The molecular weight excluding hydrogens is 281 g/mol. The molecule has 0 bridgehead atoms. The number of amides is 1. The maximum absolute atomic E-state index is 13.6. The van der Waals surface area contributed by atoms with Gasteiger partial charge in [-0.2, -0.15) is 0 Å². The highest BCUT2D eigenvalue weighted by molar-refractivity contribution is 6.30. The Labute approximate surface area is 121 Å². The third-order valence-electron chi connectivity index (χ3n) is 2.89. The first-order valence-corrected chi connectivity index (χ1v) is 6.34. The van der Waals surface area contributed by atoms with Crippen LogP contribution < -0.4 is 0 Å². The van der Waals surface area contributed by atoms with Gasteiger partial charge in [-0.25, -0.2) is 4.39 Å². The monoisotopic (exact) mass is 293 g/mol. The molecule has 3 nitrogen and oxygen atoms in total. The second-order valence-corrected chi connectivity index (χ2v) is 4.86. The van der Waals surface area contributed by atoms with E-state index in [-0.39, 0.29) is 11.3 Å². The van der Waals surface area contributed by atoms with Crippen LogP contribution in [0.15, 0.2) is 42.5 Å². The van der Waals surface area contributed by atoms with Crippen molar-refractivity contribution in [2.24, 2.45) is 0 Å². The number of halogens is 2. The van der Waals surface area contributed by atoms with E-state index in [1.807, 2.05) is 0 Å². The zero-order chi connectivity index (χ0) is 14.7. The van der Waals surface area contributed by atoms with Crippen molar-refractivity contribution in [3.05, 3.63) is 64.4 Å². The Morgan fingerprint density at radius 3 is 2.50 bits per heavy atom. The molecule has 1 N–H and O–H groups in total. The number of carbonyl (C=O) groups is 1. The van der Waals surface area contributed by atoms with Crippen LogP contribution in [0, 0.1) is 5.82 Å². The fourth-order valence-electron chi connectivity index (χ4n) is 1.85. The molecule has 0 heterocycles. The Morgan fingerprint density at radius 1 is 1.25 bits per heavy atom. The molecule has 0 radical (unpaired) electrons. The summed E-state index contributed by atoms with van der Waals surface area (Å²) in [6.45, 7) is 0.295. The molecule has 0 spiro atoms. The molecule has 20 heavy (non-hydrogen) atoms. The molecule has 2 rings (SSSR count).